The third kappa shape index (κ3) is 4.10. The number of aryl methyl sites for hydroxylation is 1. The zero-order chi connectivity index (χ0) is 20.3. The molecule has 3 rings (SSSR count). The van der Waals surface area contributed by atoms with Gasteiger partial charge >= 0.3 is 0 Å². The molecule has 9 nitrogen and oxygen atoms in total. The number of nitrogens with zero attached hydrogens (tertiary/aromatic N) is 3. The zero-order valence-corrected chi connectivity index (χ0v) is 16.5. The van der Waals surface area contributed by atoms with E-state index < -0.39 is 25.5 Å². The number of rotatable bonds is 7. The summed E-state index contributed by atoms with van der Waals surface area (Å²) in [4.78, 5) is 15.0. The molecule has 11 heteroatoms. The number of para-hydroxylation sites is 1. The summed E-state index contributed by atoms with van der Waals surface area (Å²) in [5.74, 6) is 0.191. The number of aromatic nitrogens is 2. The Morgan fingerprint density at radius 1 is 1.25 bits per heavy atom. The first kappa shape index (κ1) is 19.7. The van der Waals surface area contributed by atoms with Crippen LogP contribution in [0, 0.1) is 10.1 Å². The Hall–Kier alpha value is -3.05. The highest BCUT2D eigenvalue weighted by Crippen LogP contribution is 2.35. The number of sulfonamides is 1. The Morgan fingerprint density at radius 3 is 2.64 bits per heavy atom. The largest absolute Gasteiger partial charge is 0.497 e. The number of benzene rings is 2. The van der Waals surface area contributed by atoms with Crippen molar-refractivity contribution in [2.24, 2.45) is 7.05 Å². The summed E-state index contributed by atoms with van der Waals surface area (Å²) in [6, 6.07) is 10.3. The highest BCUT2D eigenvalue weighted by Gasteiger charge is 2.27. The molecule has 0 aliphatic rings. The maximum absolute atomic E-state index is 12.9. The smallest absolute Gasteiger partial charge is 0.293 e. The van der Waals surface area contributed by atoms with Crippen molar-refractivity contribution in [3.05, 3.63) is 65.0 Å². The molecular formula is C17H16N4O5S2. The fourth-order valence-corrected chi connectivity index (χ4v) is 4.57. The van der Waals surface area contributed by atoms with Gasteiger partial charge in [0, 0.05) is 24.3 Å². The van der Waals surface area contributed by atoms with Gasteiger partial charge in [-0.1, -0.05) is 12.1 Å². The molecule has 0 fully saturated rings. The Kier molecular flexibility index (Phi) is 5.56. The molecule has 1 N–H and O–H groups in total. The number of imidazole rings is 1. The third-order valence-electron chi connectivity index (χ3n) is 3.76. The van der Waals surface area contributed by atoms with Crippen LogP contribution in [0.15, 0.2) is 69.8 Å². The minimum atomic E-state index is -4.21. The predicted octanol–water partition coefficient (Wildman–Crippen LogP) is 3.29. The van der Waals surface area contributed by atoms with Crippen LogP contribution in [0.5, 0.6) is 5.75 Å². The lowest BCUT2D eigenvalue weighted by Crippen LogP contribution is -2.15. The predicted molar refractivity (Wildman–Crippen MR) is 104 cm³/mol. The monoisotopic (exact) mass is 420 g/mol. The minimum Gasteiger partial charge on any atom is -0.497 e. The van der Waals surface area contributed by atoms with Gasteiger partial charge in [0.15, 0.2) is 10.1 Å². The van der Waals surface area contributed by atoms with Crippen LogP contribution in [-0.4, -0.2) is 30.0 Å². The first-order chi connectivity index (χ1) is 13.3. The molecule has 0 bridgehead atoms. The quantitative estimate of drug-likeness (QED) is 0.460. The maximum atomic E-state index is 12.9. The highest BCUT2D eigenvalue weighted by atomic mass is 32.2. The lowest BCUT2D eigenvalue weighted by atomic mass is 10.3. The summed E-state index contributed by atoms with van der Waals surface area (Å²) in [5.41, 5.74) is -0.276. The second-order valence-electron chi connectivity index (χ2n) is 5.62. The molecule has 0 saturated carbocycles. The van der Waals surface area contributed by atoms with Crippen molar-refractivity contribution in [1.82, 2.24) is 9.55 Å². The molecule has 0 atom stereocenters. The number of anilines is 1. The van der Waals surface area contributed by atoms with E-state index in [1.165, 1.54) is 24.9 Å². The highest BCUT2D eigenvalue weighted by molar-refractivity contribution is 7.99. The Bertz CT molecular complexity index is 1130. The van der Waals surface area contributed by atoms with Crippen molar-refractivity contribution in [3.63, 3.8) is 0 Å². The fourth-order valence-electron chi connectivity index (χ4n) is 2.38. The van der Waals surface area contributed by atoms with E-state index in [0.29, 0.717) is 15.7 Å². The van der Waals surface area contributed by atoms with Crippen molar-refractivity contribution < 1.29 is 18.1 Å². The van der Waals surface area contributed by atoms with Gasteiger partial charge in [0.2, 0.25) is 0 Å². The molecular weight excluding hydrogens is 404 g/mol. The van der Waals surface area contributed by atoms with Crippen LogP contribution >= 0.6 is 11.8 Å². The molecule has 146 valence electrons. The topological polar surface area (TPSA) is 116 Å². The van der Waals surface area contributed by atoms with Crippen LogP contribution in [0.1, 0.15) is 0 Å². The molecule has 0 saturated heterocycles. The summed E-state index contributed by atoms with van der Waals surface area (Å²) in [6.07, 6.45) is 3.41. The van der Waals surface area contributed by atoms with Gasteiger partial charge in [-0.3, -0.25) is 14.8 Å². The van der Waals surface area contributed by atoms with Gasteiger partial charge < -0.3 is 9.30 Å². The van der Waals surface area contributed by atoms with E-state index in [4.69, 9.17) is 4.74 Å². The molecule has 28 heavy (non-hydrogen) atoms. The number of nitro benzene ring substituents is 1. The van der Waals surface area contributed by atoms with E-state index in [2.05, 4.69) is 9.71 Å². The molecule has 0 spiro atoms. The van der Waals surface area contributed by atoms with Gasteiger partial charge in [0.1, 0.15) is 5.75 Å². The summed E-state index contributed by atoms with van der Waals surface area (Å²) in [5, 5.41) is 12.0. The lowest BCUT2D eigenvalue weighted by Gasteiger charge is -2.13. The minimum absolute atomic E-state index is 0.191. The number of nitro groups is 1. The van der Waals surface area contributed by atoms with Crippen molar-refractivity contribution >= 4 is 33.2 Å². The van der Waals surface area contributed by atoms with Crippen LogP contribution in [0.2, 0.25) is 0 Å². The van der Waals surface area contributed by atoms with E-state index >= 15 is 0 Å². The van der Waals surface area contributed by atoms with Crippen LogP contribution < -0.4 is 9.46 Å². The van der Waals surface area contributed by atoms with Crippen LogP contribution in [0.25, 0.3) is 0 Å². The van der Waals surface area contributed by atoms with Crippen LogP contribution in [0.4, 0.5) is 11.4 Å². The number of nitrogens with one attached hydrogen (secondary N) is 1. The molecule has 2 aromatic carbocycles. The van der Waals surface area contributed by atoms with E-state index in [1.54, 1.807) is 41.2 Å². The van der Waals surface area contributed by atoms with Gasteiger partial charge in [0.05, 0.1) is 23.8 Å². The van der Waals surface area contributed by atoms with E-state index in [-0.39, 0.29) is 5.75 Å². The molecule has 1 aromatic heterocycles. The number of hydrogen-bond donors (Lipinski definition) is 1. The lowest BCUT2D eigenvalue weighted by molar-refractivity contribution is -0.387. The molecule has 0 aliphatic carbocycles. The molecule has 0 radical (unpaired) electrons. The molecule has 0 amide bonds. The second-order valence-corrected chi connectivity index (χ2v) is 8.28. The summed E-state index contributed by atoms with van der Waals surface area (Å²) in [6.45, 7) is 0. The maximum Gasteiger partial charge on any atom is 0.293 e. The fraction of sp³-hybridized carbons (Fsp3) is 0.118. The van der Waals surface area contributed by atoms with Crippen molar-refractivity contribution in [1.29, 1.82) is 0 Å². The average Bonchev–Trinajstić information content (AvgIpc) is 3.07. The van der Waals surface area contributed by atoms with E-state index in [0.717, 1.165) is 12.1 Å². The van der Waals surface area contributed by atoms with Gasteiger partial charge in [-0.15, -0.1) is 0 Å². The summed E-state index contributed by atoms with van der Waals surface area (Å²) in [7, 11) is -1.05. The summed E-state index contributed by atoms with van der Waals surface area (Å²) >= 11 is 1.27. The molecule has 1 heterocycles. The number of ether oxygens (including phenoxy) is 1. The Morgan fingerprint density at radius 2 is 2.00 bits per heavy atom. The van der Waals surface area contributed by atoms with Gasteiger partial charge in [0.25, 0.3) is 15.7 Å². The van der Waals surface area contributed by atoms with Gasteiger partial charge in [-0.25, -0.2) is 13.4 Å². The molecule has 3 aromatic rings. The second kappa shape index (κ2) is 7.90. The number of hydrogen-bond acceptors (Lipinski definition) is 7. The normalized spacial score (nSPS) is 11.2. The van der Waals surface area contributed by atoms with E-state index in [9.17, 15) is 18.5 Å². The van der Waals surface area contributed by atoms with Gasteiger partial charge in [-0.2, -0.15) is 0 Å². The average molecular weight is 420 g/mol. The van der Waals surface area contributed by atoms with Gasteiger partial charge in [-0.05, 0) is 36.0 Å². The molecule has 0 unspecified atom stereocenters. The Labute approximate surface area is 165 Å². The Balaban J connectivity index is 1.98. The van der Waals surface area contributed by atoms with Crippen molar-refractivity contribution in [3.8, 4) is 5.75 Å². The van der Waals surface area contributed by atoms with Crippen molar-refractivity contribution in [2.75, 3.05) is 11.8 Å². The van der Waals surface area contributed by atoms with E-state index in [1.807, 2.05) is 7.05 Å². The first-order valence-corrected chi connectivity index (χ1v) is 10.2. The molecule has 0 aliphatic heterocycles. The van der Waals surface area contributed by atoms with Crippen LogP contribution in [0.3, 0.4) is 0 Å². The third-order valence-corrected chi connectivity index (χ3v) is 6.33. The van der Waals surface area contributed by atoms with Crippen LogP contribution in [-0.2, 0) is 17.1 Å². The number of methoxy groups -OCH3 is 1. The standard InChI is InChI=1S/C17H16N4O5S2/c1-20-10-9-18-17(20)27-15-6-4-3-5-13(15)19-28(24,25)16-8-7-12(26-2)11-14(16)21(22)23/h3-11,19H,1-2H3. The first-order valence-electron chi connectivity index (χ1n) is 7.91. The van der Waals surface area contributed by atoms with Crippen molar-refractivity contribution in [2.45, 2.75) is 14.9 Å². The summed E-state index contributed by atoms with van der Waals surface area (Å²) < 4.78 is 34.9. The zero-order valence-electron chi connectivity index (χ0n) is 14.9. The SMILES string of the molecule is COc1ccc(S(=O)(=O)Nc2ccccc2Sc2nccn2C)c([N+](=O)[O-])c1.